The van der Waals surface area contributed by atoms with Gasteiger partial charge in [-0.15, -0.1) is 0 Å². The van der Waals surface area contributed by atoms with E-state index in [9.17, 15) is 13.2 Å². The van der Waals surface area contributed by atoms with E-state index in [4.69, 9.17) is 5.14 Å². The highest BCUT2D eigenvalue weighted by Crippen LogP contribution is 2.21. The molecule has 0 spiro atoms. The fourth-order valence-electron chi connectivity index (χ4n) is 1.04. The SMILES string of the molecule is COC(=O)c1c(I)cccc1S(N)(=O)=O. The lowest BCUT2D eigenvalue weighted by Crippen LogP contribution is -2.18. The van der Waals surface area contributed by atoms with E-state index in [2.05, 4.69) is 4.74 Å². The van der Waals surface area contributed by atoms with Gasteiger partial charge in [-0.1, -0.05) is 6.07 Å². The number of carbonyl (C=O) groups excluding carboxylic acids is 1. The highest BCUT2D eigenvalue weighted by atomic mass is 127. The second-order valence-corrected chi connectivity index (χ2v) is 5.34. The number of ether oxygens (including phenoxy) is 1. The van der Waals surface area contributed by atoms with E-state index < -0.39 is 16.0 Å². The van der Waals surface area contributed by atoms with Crippen LogP contribution in [0.25, 0.3) is 0 Å². The van der Waals surface area contributed by atoms with Crippen LogP contribution in [-0.4, -0.2) is 21.5 Å². The number of esters is 1. The van der Waals surface area contributed by atoms with Crippen LogP contribution in [0.4, 0.5) is 0 Å². The molecule has 2 N–H and O–H groups in total. The molecule has 0 fully saturated rings. The van der Waals surface area contributed by atoms with Crippen molar-refractivity contribution in [2.75, 3.05) is 7.11 Å². The summed E-state index contributed by atoms with van der Waals surface area (Å²) in [6.45, 7) is 0. The van der Waals surface area contributed by atoms with Crippen LogP contribution in [0.3, 0.4) is 0 Å². The summed E-state index contributed by atoms with van der Waals surface area (Å²) < 4.78 is 27.4. The Balaban J connectivity index is 3.54. The summed E-state index contributed by atoms with van der Waals surface area (Å²) in [6, 6.07) is 4.37. The average Bonchev–Trinajstić information content (AvgIpc) is 2.15. The molecule has 82 valence electrons. The van der Waals surface area contributed by atoms with E-state index in [-0.39, 0.29) is 10.5 Å². The number of sulfonamides is 1. The number of hydrogen-bond donors (Lipinski definition) is 1. The second kappa shape index (κ2) is 4.45. The van der Waals surface area contributed by atoms with Crippen molar-refractivity contribution >= 4 is 38.6 Å². The maximum Gasteiger partial charge on any atom is 0.340 e. The lowest BCUT2D eigenvalue weighted by molar-refractivity contribution is 0.0595. The zero-order valence-corrected chi connectivity index (χ0v) is 10.7. The zero-order valence-electron chi connectivity index (χ0n) is 7.73. The van der Waals surface area contributed by atoms with Gasteiger partial charge >= 0.3 is 5.97 Å². The minimum atomic E-state index is -3.92. The van der Waals surface area contributed by atoms with E-state index in [0.29, 0.717) is 3.57 Å². The first-order valence-corrected chi connectivity index (χ1v) is 6.40. The number of nitrogens with two attached hydrogens (primary N) is 1. The van der Waals surface area contributed by atoms with Gasteiger partial charge in [0.25, 0.3) is 0 Å². The molecule has 0 radical (unpaired) electrons. The van der Waals surface area contributed by atoms with E-state index >= 15 is 0 Å². The van der Waals surface area contributed by atoms with Gasteiger partial charge in [0.2, 0.25) is 10.0 Å². The molecule has 0 aliphatic rings. The number of primary sulfonamides is 1. The fourth-order valence-corrected chi connectivity index (χ4v) is 2.69. The molecule has 0 saturated heterocycles. The molecule has 1 aromatic rings. The number of halogens is 1. The van der Waals surface area contributed by atoms with E-state index in [1.165, 1.54) is 19.2 Å². The van der Waals surface area contributed by atoms with Crippen molar-refractivity contribution in [2.24, 2.45) is 5.14 Å². The Morgan fingerprint density at radius 2 is 2.07 bits per heavy atom. The summed E-state index contributed by atoms with van der Waals surface area (Å²) in [5.41, 5.74) is -0.0249. The van der Waals surface area contributed by atoms with Crippen molar-refractivity contribution in [3.8, 4) is 0 Å². The van der Waals surface area contributed by atoms with Gasteiger partial charge in [0.05, 0.1) is 17.6 Å². The summed E-state index contributed by atoms with van der Waals surface area (Å²) >= 11 is 1.84. The monoisotopic (exact) mass is 341 g/mol. The molecular weight excluding hydrogens is 333 g/mol. The highest BCUT2D eigenvalue weighted by molar-refractivity contribution is 14.1. The molecule has 7 heteroatoms. The average molecular weight is 341 g/mol. The molecule has 1 aromatic carbocycles. The van der Waals surface area contributed by atoms with Crippen molar-refractivity contribution in [1.82, 2.24) is 0 Å². The summed E-state index contributed by atoms with van der Waals surface area (Å²) in [7, 11) is -2.74. The number of carbonyl (C=O) groups is 1. The van der Waals surface area contributed by atoms with Gasteiger partial charge in [0, 0.05) is 3.57 Å². The first kappa shape index (κ1) is 12.4. The molecule has 5 nitrogen and oxygen atoms in total. The van der Waals surface area contributed by atoms with Crippen molar-refractivity contribution in [3.05, 3.63) is 27.3 Å². The fraction of sp³-hybridized carbons (Fsp3) is 0.125. The van der Waals surface area contributed by atoms with Crippen LogP contribution >= 0.6 is 22.6 Å². The van der Waals surface area contributed by atoms with Gasteiger partial charge in [0.15, 0.2) is 0 Å². The lowest BCUT2D eigenvalue weighted by atomic mass is 10.2. The second-order valence-electron chi connectivity index (χ2n) is 2.65. The van der Waals surface area contributed by atoms with Crippen LogP contribution in [0, 0.1) is 3.57 Å². The van der Waals surface area contributed by atoms with Crippen molar-refractivity contribution in [1.29, 1.82) is 0 Å². The predicted molar refractivity (Wildman–Crippen MR) is 61.9 cm³/mol. The van der Waals surface area contributed by atoms with Gasteiger partial charge in [-0.05, 0) is 34.7 Å². The third-order valence-electron chi connectivity index (χ3n) is 1.67. The molecule has 0 bridgehead atoms. The minimum absolute atomic E-state index is 0.0249. The molecule has 0 heterocycles. The first-order chi connectivity index (χ1) is 6.88. The van der Waals surface area contributed by atoms with Gasteiger partial charge in [-0.2, -0.15) is 0 Å². The number of benzene rings is 1. The van der Waals surface area contributed by atoms with E-state index in [1.807, 2.05) is 22.6 Å². The molecule has 1 rings (SSSR count). The summed E-state index contributed by atoms with van der Waals surface area (Å²) in [4.78, 5) is 11.1. The Bertz CT molecular complexity index is 497. The molecule has 15 heavy (non-hydrogen) atoms. The number of rotatable bonds is 2. The molecule has 0 aliphatic carbocycles. The van der Waals surface area contributed by atoms with Gasteiger partial charge in [-0.3, -0.25) is 0 Å². The van der Waals surface area contributed by atoms with Crippen LogP contribution in [0.15, 0.2) is 23.1 Å². The normalized spacial score (nSPS) is 11.1. The van der Waals surface area contributed by atoms with Crippen LogP contribution in [0.2, 0.25) is 0 Å². The Kier molecular flexibility index (Phi) is 3.68. The first-order valence-electron chi connectivity index (χ1n) is 3.77. The predicted octanol–water partition coefficient (Wildman–Crippen LogP) is 0.725. The van der Waals surface area contributed by atoms with Crippen LogP contribution in [0.5, 0.6) is 0 Å². The Morgan fingerprint density at radius 3 is 2.53 bits per heavy atom. The van der Waals surface area contributed by atoms with Crippen molar-refractivity contribution < 1.29 is 17.9 Å². The number of hydrogen-bond acceptors (Lipinski definition) is 4. The summed E-state index contributed by atoms with van der Waals surface area (Å²) in [5, 5.41) is 4.98. The standard InChI is InChI=1S/C8H8INO4S/c1-14-8(11)7-5(9)3-2-4-6(7)15(10,12)13/h2-4H,1H3,(H2,10,12,13). The molecular formula is C8H8INO4S. The topological polar surface area (TPSA) is 86.5 Å². The lowest BCUT2D eigenvalue weighted by Gasteiger charge is -2.07. The zero-order chi connectivity index (χ0) is 11.6. The van der Waals surface area contributed by atoms with Gasteiger partial charge < -0.3 is 4.74 Å². The van der Waals surface area contributed by atoms with Gasteiger partial charge in [0.1, 0.15) is 0 Å². The molecule has 0 aromatic heterocycles. The third kappa shape index (κ3) is 2.67. The third-order valence-corrected chi connectivity index (χ3v) is 3.52. The minimum Gasteiger partial charge on any atom is -0.465 e. The van der Waals surface area contributed by atoms with Crippen LogP contribution < -0.4 is 5.14 Å². The number of methoxy groups -OCH3 is 1. The highest BCUT2D eigenvalue weighted by Gasteiger charge is 2.22. The summed E-state index contributed by atoms with van der Waals surface area (Å²) in [5.74, 6) is -0.718. The Morgan fingerprint density at radius 1 is 1.47 bits per heavy atom. The van der Waals surface area contributed by atoms with Crippen LogP contribution in [-0.2, 0) is 14.8 Å². The Labute approximate surface area is 101 Å². The largest absolute Gasteiger partial charge is 0.465 e. The molecule has 0 atom stereocenters. The quantitative estimate of drug-likeness (QED) is 0.635. The molecule has 0 unspecified atom stereocenters. The molecule has 0 aliphatic heterocycles. The van der Waals surface area contributed by atoms with Gasteiger partial charge in [-0.25, -0.2) is 18.4 Å². The maximum atomic E-state index is 11.4. The van der Waals surface area contributed by atoms with E-state index in [1.54, 1.807) is 6.07 Å². The Hall–Kier alpha value is -0.670. The van der Waals surface area contributed by atoms with Crippen molar-refractivity contribution in [3.63, 3.8) is 0 Å². The van der Waals surface area contributed by atoms with Crippen LogP contribution in [0.1, 0.15) is 10.4 Å². The maximum absolute atomic E-state index is 11.4. The van der Waals surface area contributed by atoms with Crippen molar-refractivity contribution in [2.45, 2.75) is 4.90 Å². The molecule has 0 saturated carbocycles. The smallest absolute Gasteiger partial charge is 0.340 e. The van der Waals surface area contributed by atoms with E-state index in [0.717, 1.165) is 0 Å². The summed E-state index contributed by atoms with van der Waals surface area (Å²) in [6.07, 6.45) is 0. The molecule has 0 amide bonds.